The third-order valence-corrected chi connectivity index (χ3v) is 5.67. The molecule has 0 radical (unpaired) electrons. The predicted molar refractivity (Wildman–Crippen MR) is 129 cm³/mol. The van der Waals surface area contributed by atoms with Crippen LogP contribution in [-0.2, 0) is 4.79 Å². The summed E-state index contributed by atoms with van der Waals surface area (Å²) in [6, 6.07) is 21.1. The van der Waals surface area contributed by atoms with Gasteiger partial charge in [-0.25, -0.2) is 0 Å². The lowest BCUT2D eigenvalue weighted by Crippen LogP contribution is -2.42. The Hall–Kier alpha value is -4.13. The van der Waals surface area contributed by atoms with Gasteiger partial charge in [-0.2, -0.15) is 0 Å². The van der Waals surface area contributed by atoms with Gasteiger partial charge in [-0.1, -0.05) is 17.7 Å². The van der Waals surface area contributed by atoms with E-state index < -0.39 is 12.1 Å². The Balaban J connectivity index is 1.67. The molecule has 2 amide bonds. The van der Waals surface area contributed by atoms with Crippen molar-refractivity contribution in [3.63, 3.8) is 0 Å². The molecule has 0 saturated carbocycles. The van der Waals surface area contributed by atoms with Crippen LogP contribution < -0.4 is 20.2 Å². The topological polar surface area (TPSA) is 79.7 Å². The van der Waals surface area contributed by atoms with Gasteiger partial charge in [0.1, 0.15) is 11.5 Å². The molecule has 1 heterocycles. The minimum Gasteiger partial charge on any atom is -0.497 e. The minimum absolute atomic E-state index is 0.288. The van der Waals surface area contributed by atoms with Crippen molar-refractivity contribution in [1.82, 2.24) is 10.7 Å². The summed E-state index contributed by atoms with van der Waals surface area (Å²) in [6.07, 6.45) is 1.85. The molecule has 1 aliphatic heterocycles. The van der Waals surface area contributed by atoms with Crippen molar-refractivity contribution in [2.45, 2.75) is 25.9 Å². The van der Waals surface area contributed by atoms with Gasteiger partial charge in [0, 0.05) is 16.7 Å². The Labute approximate surface area is 199 Å². The monoisotopic (exact) mass is 458 g/mol. The molecule has 1 saturated heterocycles. The number of hydrogen-bond donors (Lipinski definition) is 2. The lowest BCUT2D eigenvalue weighted by atomic mass is 9.99. The molecular weight excluding hydrogens is 430 g/mol. The number of nitrogens with zero attached hydrogens (tertiary/aromatic N) is 1. The van der Waals surface area contributed by atoms with Crippen molar-refractivity contribution in [1.29, 1.82) is 0 Å². The van der Waals surface area contributed by atoms with Crippen LogP contribution in [0.2, 0.25) is 0 Å². The molecule has 1 fully saturated rings. The van der Waals surface area contributed by atoms with Crippen molar-refractivity contribution >= 4 is 18.0 Å². The summed E-state index contributed by atoms with van der Waals surface area (Å²) in [4.78, 5) is 26.0. The molecule has 0 spiro atoms. The van der Waals surface area contributed by atoms with Crippen LogP contribution in [0, 0.1) is 6.92 Å². The van der Waals surface area contributed by atoms with Crippen LogP contribution in [0.1, 0.15) is 40.0 Å². The summed E-state index contributed by atoms with van der Waals surface area (Å²) < 4.78 is 12.5. The molecule has 174 valence electrons. The van der Waals surface area contributed by atoms with Gasteiger partial charge in [0.25, 0.3) is 5.91 Å². The van der Waals surface area contributed by atoms with Crippen molar-refractivity contribution < 1.29 is 23.7 Å². The van der Waals surface area contributed by atoms with Gasteiger partial charge in [-0.3, -0.25) is 9.59 Å². The molecule has 34 heavy (non-hydrogen) atoms. The molecule has 0 bridgehead atoms. The van der Waals surface area contributed by atoms with Gasteiger partial charge in [0.2, 0.25) is 12.3 Å². The minimum atomic E-state index is -0.791. The Morgan fingerprint density at radius 2 is 1.65 bits per heavy atom. The highest BCUT2D eigenvalue weighted by Gasteiger charge is 2.47. The fourth-order valence-electron chi connectivity index (χ4n) is 3.89. The van der Waals surface area contributed by atoms with E-state index in [4.69, 9.17) is 9.47 Å². The van der Waals surface area contributed by atoms with Crippen LogP contribution in [-0.4, -0.2) is 42.5 Å². The lowest BCUT2D eigenvalue weighted by Gasteiger charge is -2.15. The number of methoxy groups -OCH3 is 1. The van der Waals surface area contributed by atoms with Crippen LogP contribution >= 0.6 is 0 Å². The number of rotatable bonds is 7. The number of hydrogen-bond acceptors (Lipinski definition) is 4. The van der Waals surface area contributed by atoms with Crippen molar-refractivity contribution in [3.05, 3.63) is 95.1 Å². The fourth-order valence-corrected chi connectivity index (χ4v) is 3.89. The van der Waals surface area contributed by atoms with Gasteiger partial charge in [-0.05, 0) is 74.5 Å². The summed E-state index contributed by atoms with van der Waals surface area (Å²) >= 11 is 0. The summed E-state index contributed by atoms with van der Waals surface area (Å²) in [6.45, 7) is 4.48. The van der Waals surface area contributed by atoms with Gasteiger partial charge in [0.05, 0.1) is 13.7 Å². The van der Waals surface area contributed by atoms with Crippen LogP contribution in [0.3, 0.4) is 0 Å². The number of carbonyl (C=O) groups excluding carboxylic acids is 2. The van der Waals surface area contributed by atoms with Gasteiger partial charge >= 0.3 is 5.91 Å². The zero-order valence-electron chi connectivity index (χ0n) is 19.4. The predicted octanol–water partition coefficient (Wildman–Crippen LogP) is 3.42. The molecule has 3 aromatic carbocycles. The number of carbonyl (C=O) groups is 2. The number of aryl methyl sites for hydroxylation is 1. The molecule has 7 nitrogen and oxygen atoms in total. The van der Waals surface area contributed by atoms with E-state index in [1.54, 1.807) is 23.9 Å². The van der Waals surface area contributed by atoms with E-state index >= 15 is 0 Å². The maximum atomic E-state index is 13.0. The third kappa shape index (κ3) is 5.09. The number of hydrazone groups is 1. The molecule has 3 aromatic rings. The normalized spacial score (nSPS) is 18.4. The van der Waals surface area contributed by atoms with E-state index in [9.17, 15) is 9.59 Å². The van der Waals surface area contributed by atoms with E-state index in [0.717, 1.165) is 22.4 Å². The third-order valence-electron chi connectivity index (χ3n) is 5.67. The first-order valence-electron chi connectivity index (χ1n) is 11.2. The van der Waals surface area contributed by atoms with Gasteiger partial charge in [-0.15, -0.1) is 10.1 Å². The average Bonchev–Trinajstić information content (AvgIpc) is 3.15. The fraction of sp³-hybridized carbons (Fsp3) is 0.222. The summed E-state index contributed by atoms with van der Waals surface area (Å²) in [5.74, 6) is 0.897. The second kappa shape index (κ2) is 10.2. The molecule has 4 rings (SSSR count). The molecule has 0 aromatic heterocycles. The molecule has 2 N–H and O–H groups in total. The maximum Gasteiger partial charge on any atom is 0.304 e. The Morgan fingerprint density at radius 1 is 1.00 bits per heavy atom. The molecule has 0 aliphatic carbocycles. The van der Waals surface area contributed by atoms with Crippen molar-refractivity contribution in [3.8, 4) is 11.5 Å². The maximum absolute atomic E-state index is 13.0. The van der Waals surface area contributed by atoms with Crippen LogP contribution in [0.5, 0.6) is 11.5 Å². The first-order valence-corrected chi connectivity index (χ1v) is 11.2. The van der Waals surface area contributed by atoms with E-state index in [2.05, 4.69) is 10.7 Å². The number of amides is 2. The van der Waals surface area contributed by atoms with Crippen LogP contribution in [0.25, 0.3) is 0 Å². The molecule has 2 atom stereocenters. The zero-order valence-corrected chi connectivity index (χ0v) is 19.4. The smallest absolute Gasteiger partial charge is 0.304 e. The number of ether oxygens (including phenoxy) is 2. The first kappa shape index (κ1) is 23.0. The molecule has 7 heteroatoms. The molecule has 0 unspecified atom stereocenters. The largest absolute Gasteiger partial charge is 0.497 e. The Morgan fingerprint density at radius 3 is 2.26 bits per heavy atom. The van der Waals surface area contributed by atoms with E-state index in [1.807, 2.05) is 80.7 Å². The summed E-state index contributed by atoms with van der Waals surface area (Å²) in [7, 11) is 1.60. The van der Waals surface area contributed by atoms with E-state index in [1.165, 1.54) is 0 Å². The van der Waals surface area contributed by atoms with E-state index in [0.29, 0.717) is 17.9 Å². The van der Waals surface area contributed by atoms with Crippen molar-refractivity contribution in [2.24, 2.45) is 0 Å². The Bertz CT molecular complexity index is 1190. The first-order chi connectivity index (χ1) is 16.5. The SMILES string of the molecule is CCOc1ccc(/C=[N+]2\NC(=O)[C@@H](NC(=O)c3ccc(C)cc3)[C@@H]2c2ccc(OC)cc2)cc1. The second-order valence-electron chi connectivity index (χ2n) is 8.05. The second-order valence-corrected chi connectivity index (χ2v) is 8.05. The summed E-state index contributed by atoms with van der Waals surface area (Å²) in [5, 5.41) is 2.92. The molecule has 1 aliphatic rings. The Kier molecular flexibility index (Phi) is 6.92. The van der Waals surface area contributed by atoms with Gasteiger partial charge in [0.15, 0.2) is 6.04 Å². The highest BCUT2D eigenvalue weighted by atomic mass is 16.5. The highest BCUT2D eigenvalue weighted by Crippen LogP contribution is 2.27. The number of nitrogens with one attached hydrogen (secondary N) is 2. The van der Waals surface area contributed by atoms with Gasteiger partial charge < -0.3 is 14.8 Å². The lowest BCUT2D eigenvalue weighted by molar-refractivity contribution is -0.596. The average molecular weight is 459 g/mol. The highest BCUT2D eigenvalue weighted by molar-refractivity contribution is 5.98. The van der Waals surface area contributed by atoms with Crippen molar-refractivity contribution in [2.75, 3.05) is 13.7 Å². The van der Waals surface area contributed by atoms with Crippen LogP contribution in [0.4, 0.5) is 0 Å². The standard InChI is InChI=1S/C27H27N3O4/c1-4-34-23-13-7-19(8-14-23)17-30-25(20-11-15-22(33-3)16-12-20)24(27(32)29-30)28-26(31)21-9-5-18(2)6-10-21/h5-17,24-25H,4H2,1-3H3,(H-,28,29,31,32)/p+1/b30-17-/t24-,25-/m0/s1. The number of hydrazine groups is 1. The molecular formula is C27H28N3O4+. The number of benzene rings is 3. The van der Waals surface area contributed by atoms with Crippen LogP contribution in [0.15, 0.2) is 72.8 Å². The van der Waals surface area contributed by atoms with E-state index in [-0.39, 0.29) is 11.8 Å². The summed E-state index contributed by atoms with van der Waals surface area (Å²) in [5.41, 5.74) is 6.19. The zero-order chi connectivity index (χ0) is 24.1. The quantitative estimate of drug-likeness (QED) is 0.532.